The van der Waals surface area contributed by atoms with Crippen LogP contribution >= 0.6 is 0 Å². The number of nitrogens with one attached hydrogen (secondary N) is 1. The van der Waals surface area contributed by atoms with Crippen LogP contribution < -0.4 is 10.1 Å². The van der Waals surface area contributed by atoms with E-state index >= 15 is 0 Å². The fourth-order valence-corrected chi connectivity index (χ4v) is 1.83. The third kappa shape index (κ3) is 3.47. The number of carbonyl (C=O) groups is 1. The Kier molecular flexibility index (Phi) is 5.16. The van der Waals surface area contributed by atoms with Crippen LogP contribution in [0.4, 0.5) is 0 Å². The minimum atomic E-state index is -0.445. The largest absolute Gasteiger partial charge is 0.496 e. The van der Waals surface area contributed by atoms with Gasteiger partial charge in [0.2, 0.25) is 0 Å². The zero-order valence-corrected chi connectivity index (χ0v) is 11.6. The molecule has 0 aliphatic heterocycles. The molecule has 4 nitrogen and oxygen atoms in total. The molecule has 18 heavy (non-hydrogen) atoms. The maximum Gasteiger partial charge on any atom is 0.327 e. The SMILES string of the molecule is COC(=O)C(NC(C)C)c1ccc(OC)c(C)c1. The molecule has 1 aromatic rings. The predicted octanol–water partition coefficient (Wildman–Crippen LogP) is 2.22. The van der Waals surface area contributed by atoms with Crippen LogP contribution in [0.2, 0.25) is 0 Å². The van der Waals surface area contributed by atoms with Crippen molar-refractivity contribution in [1.82, 2.24) is 5.32 Å². The smallest absolute Gasteiger partial charge is 0.327 e. The molecule has 0 fully saturated rings. The molecule has 1 atom stereocenters. The second-order valence-corrected chi connectivity index (χ2v) is 4.51. The maximum absolute atomic E-state index is 11.8. The van der Waals surface area contributed by atoms with Crippen LogP contribution in [-0.4, -0.2) is 26.2 Å². The van der Waals surface area contributed by atoms with Crippen molar-refractivity contribution in [1.29, 1.82) is 0 Å². The van der Waals surface area contributed by atoms with Gasteiger partial charge in [-0.2, -0.15) is 0 Å². The van der Waals surface area contributed by atoms with Crippen molar-refractivity contribution in [3.63, 3.8) is 0 Å². The fraction of sp³-hybridized carbons (Fsp3) is 0.500. The average molecular weight is 251 g/mol. The van der Waals surface area contributed by atoms with E-state index in [0.717, 1.165) is 16.9 Å². The van der Waals surface area contributed by atoms with Gasteiger partial charge in [-0.3, -0.25) is 5.32 Å². The summed E-state index contributed by atoms with van der Waals surface area (Å²) in [5.74, 6) is 0.528. The molecule has 0 spiro atoms. The normalized spacial score (nSPS) is 12.3. The molecule has 0 aliphatic rings. The van der Waals surface area contributed by atoms with Gasteiger partial charge >= 0.3 is 5.97 Å². The first kappa shape index (κ1) is 14.5. The van der Waals surface area contributed by atoms with Gasteiger partial charge < -0.3 is 9.47 Å². The molecule has 1 unspecified atom stereocenters. The standard InChI is InChI=1S/C14H21NO3/c1-9(2)15-13(14(16)18-5)11-6-7-12(17-4)10(3)8-11/h6-9,13,15H,1-5H3. The molecular weight excluding hydrogens is 230 g/mol. The highest BCUT2D eigenvalue weighted by Gasteiger charge is 2.22. The lowest BCUT2D eigenvalue weighted by atomic mass is 10.0. The lowest BCUT2D eigenvalue weighted by Crippen LogP contribution is -2.34. The summed E-state index contributed by atoms with van der Waals surface area (Å²) in [6, 6.07) is 5.43. The third-order valence-electron chi connectivity index (χ3n) is 2.69. The second kappa shape index (κ2) is 6.40. The number of aryl methyl sites for hydroxylation is 1. The number of hydrogen-bond acceptors (Lipinski definition) is 4. The summed E-state index contributed by atoms with van der Waals surface area (Å²) in [6.07, 6.45) is 0. The molecule has 0 radical (unpaired) electrons. The highest BCUT2D eigenvalue weighted by molar-refractivity contribution is 5.77. The minimum Gasteiger partial charge on any atom is -0.496 e. The summed E-state index contributed by atoms with van der Waals surface area (Å²) in [7, 11) is 3.03. The van der Waals surface area contributed by atoms with Gasteiger partial charge in [-0.1, -0.05) is 12.1 Å². The Labute approximate surface area is 108 Å². The number of rotatable bonds is 5. The van der Waals surface area contributed by atoms with Crippen LogP contribution in [0.5, 0.6) is 5.75 Å². The molecule has 0 bridgehead atoms. The molecule has 0 aromatic heterocycles. The first-order valence-electron chi connectivity index (χ1n) is 5.98. The Morgan fingerprint density at radius 2 is 1.94 bits per heavy atom. The molecule has 1 N–H and O–H groups in total. The summed E-state index contributed by atoms with van der Waals surface area (Å²) in [5, 5.41) is 3.20. The van der Waals surface area contributed by atoms with Gasteiger partial charge in [0, 0.05) is 6.04 Å². The molecule has 0 saturated heterocycles. The number of benzene rings is 1. The Hall–Kier alpha value is -1.55. The molecule has 0 aliphatic carbocycles. The van der Waals surface area contributed by atoms with E-state index in [4.69, 9.17) is 9.47 Å². The van der Waals surface area contributed by atoms with Gasteiger partial charge in [0.05, 0.1) is 14.2 Å². The summed E-state index contributed by atoms with van der Waals surface area (Å²) < 4.78 is 10.0. The van der Waals surface area contributed by atoms with Crippen LogP contribution in [-0.2, 0) is 9.53 Å². The summed E-state index contributed by atoms with van der Waals surface area (Å²) in [4.78, 5) is 11.8. The number of carbonyl (C=O) groups excluding carboxylic acids is 1. The molecule has 0 saturated carbocycles. The fourth-order valence-electron chi connectivity index (χ4n) is 1.83. The van der Waals surface area contributed by atoms with E-state index in [0.29, 0.717) is 0 Å². The monoisotopic (exact) mass is 251 g/mol. The first-order chi connectivity index (χ1) is 8.49. The molecular formula is C14H21NO3. The second-order valence-electron chi connectivity index (χ2n) is 4.51. The van der Waals surface area contributed by atoms with Crippen molar-refractivity contribution >= 4 is 5.97 Å². The van der Waals surface area contributed by atoms with Gasteiger partial charge in [0.1, 0.15) is 11.8 Å². The van der Waals surface area contributed by atoms with E-state index in [1.807, 2.05) is 39.0 Å². The first-order valence-corrected chi connectivity index (χ1v) is 5.98. The highest BCUT2D eigenvalue weighted by atomic mass is 16.5. The van der Waals surface area contributed by atoms with Crippen molar-refractivity contribution in [2.75, 3.05) is 14.2 Å². The van der Waals surface area contributed by atoms with E-state index < -0.39 is 6.04 Å². The van der Waals surface area contributed by atoms with E-state index in [9.17, 15) is 4.79 Å². The van der Waals surface area contributed by atoms with E-state index in [1.165, 1.54) is 7.11 Å². The predicted molar refractivity (Wildman–Crippen MR) is 70.8 cm³/mol. The lowest BCUT2D eigenvalue weighted by Gasteiger charge is -2.20. The number of esters is 1. The number of hydrogen-bond donors (Lipinski definition) is 1. The number of ether oxygens (including phenoxy) is 2. The number of methoxy groups -OCH3 is 2. The van der Waals surface area contributed by atoms with Gasteiger partial charge in [-0.15, -0.1) is 0 Å². The molecule has 1 rings (SSSR count). The zero-order chi connectivity index (χ0) is 13.7. The molecule has 1 aromatic carbocycles. The Morgan fingerprint density at radius 3 is 2.39 bits per heavy atom. The maximum atomic E-state index is 11.8. The Morgan fingerprint density at radius 1 is 1.28 bits per heavy atom. The Balaban J connectivity index is 3.05. The quantitative estimate of drug-likeness (QED) is 0.815. The van der Waals surface area contributed by atoms with Crippen LogP contribution in [0.25, 0.3) is 0 Å². The lowest BCUT2D eigenvalue weighted by molar-refractivity contribution is -0.143. The Bertz CT molecular complexity index is 416. The van der Waals surface area contributed by atoms with Gasteiger partial charge in [0.25, 0.3) is 0 Å². The third-order valence-corrected chi connectivity index (χ3v) is 2.69. The van der Waals surface area contributed by atoms with Crippen LogP contribution in [0, 0.1) is 6.92 Å². The van der Waals surface area contributed by atoms with E-state index in [1.54, 1.807) is 7.11 Å². The zero-order valence-electron chi connectivity index (χ0n) is 11.6. The summed E-state index contributed by atoms with van der Waals surface area (Å²) in [5.41, 5.74) is 1.88. The van der Waals surface area contributed by atoms with Crippen LogP contribution in [0.3, 0.4) is 0 Å². The highest BCUT2D eigenvalue weighted by Crippen LogP contribution is 2.23. The summed E-state index contributed by atoms with van der Waals surface area (Å²) >= 11 is 0. The summed E-state index contributed by atoms with van der Waals surface area (Å²) in [6.45, 7) is 5.94. The molecule has 0 heterocycles. The van der Waals surface area contributed by atoms with Gasteiger partial charge in [-0.05, 0) is 38.0 Å². The van der Waals surface area contributed by atoms with Crippen molar-refractivity contribution in [2.45, 2.75) is 32.9 Å². The van der Waals surface area contributed by atoms with Crippen LogP contribution in [0.1, 0.15) is 31.0 Å². The molecule has 100 valence electrons. The van der Waals surface area contributed by atoms with Gasteiger partial charge in [0.15, 0.2) is 0 Å². The van der Waals surface area contributed by atoms with Crippen molar-refractivity contribution < 1.29 is 14.3 Å². The van der Waals surface area contributed by atoms with Crippen molar-refractivity contribution in [2.24, 2.45) is 0 Å². The molecule has 4 heteroatoms. The topological polar surface area (TPSA) is 47.6 Å². The van der Waals surface area contributed by atoms with Crippen molar-refractivity contribution in [3.05, 3.63) is 29.3 Å². The van der Waals surface area contributed by atoms with Gasteiger partial charge in [-0.25, -0.2) is 4.79 Å². The van der Waals surface area contributed by atoms with Crippen molar-refractivity contribution in [3.8, 4) is 5.75 Å². The minimum absolute atomic E-state index is 0.191. The van der Waals surface area contributed by atoms with E-state index in [2.05, 4.69) is 5.32 Å². The average Bonchev–Trinajstić information content (AvgIpc) is 2.34. The van der Waals surface area contributed by atoms with Crippen LogP contribution in [0.15, 0.2) is 18.2 Å². The molecule has 0 amide bonds. The van der Waals surface area contributed by atoms with E-state index in [-0.39, 0.29) is 12.0 Å².